The molecule has 2 heteroatoms. The van der Waals surface area contributed by atoms with Crippen molar-refractivity contribution in [3.05, 3.63) is 206 Å². The summed E-state index contributed by atoms with van der Waals surface area (Å²) in [5.41, 5.74) is 13.9. The highest BCUT2D eigenvalue weighted by molar-refractivity contribution is 6.15. The third kappa shape index (κ3) is 5.15. The van der Waals surface area contributed by atoms with Crippen molar-refractivity contribution in [3.63, 3.8) is 0 Å². The van der Waals surface area contributed by atoms with E-state index in [1.165, 1.54) is 87.8 Å². The van der Waals surface area contributed by atoms with E-state index in [9.17, 15) is 0 Å². The molecule has 2 heterocycles. The number of aromatic nitrogens is 2. The summed E-state index contributed by atoms with van der Waals surface area (Å²) in [7, 11) is 0. The van der Waals surface area contributed by atoms with Crippen molar-refractivity contribution in [3.8, 4) is 50.3 Å². The Morgan fingerprint density at radius 1 is 0.327 bits per heavy atom. The maximum absolute atomic E-state index is 5.16. The molecule has 0 amide bonds. The molecule has 0 aliphatic heterocycles. The molecule has 256 valence electrons. The third-order valence-electron chi connectivity index (χ3n) is 11.2. The molecular formula is C53H34N2. The quantitative estimate of drug-likeness (QED) is 0.164. The zero-order valence-corrected chi connectivity index (χ0v) is 30.0. The number of pyridine rings is 1. The molecule has 0 bridgehead atoms. The number of hydrogen-bond acceptors (Lipinski definition) is 1. The smallest absolute Gasteiger partial charge is 0.0722 e. The molecule has 0 atom stereocenters. The lowest BCUT2D eigenvalue weighted by atomic mass is 9.90. The van der Waals surface area contributed by atoms with Crippen LogP contribution in [0, 0.1) is 0 Å². The molecule has 0 spiro atoms. The highest BCUT2D eigenvalue weighted by Gasteiger charge is 2.17. The summed E-state index contributed by atoms with van der Waals surface area (Å²) in [6.07, 6.45) is 0. The van der Waals surface area contributed by atoms with Gasteiger partial charge < -0.3 is 4.57 Å². The first-order chi connectivity index (χ1) is 27.3. The van der Waals surface area contributed by atoms with Crippen LogP contribution in [0.3, 0.4) is 0 Å². The monoisotopic (exact) mass is 698 g/mol. The minimum Gasteiger partial charge on any atom is -0.309 e. The fourth-order valence-corrected chi connectivity index (χ4v) is 8.62. The van der Waals surface area contributed by atoms with Crippen LogP contribution in [0.1, 0.15) is 0 Å². The molecule has 2 aromatic heterocycles. The van der Waals surface area contributed by atoms with Crippen molar-refractivity contribution < 1.29 is 0 Å². The van der Waals surface area contributed by atoms with E-state index in [0.717, 1.165) is 16.8 Å². The average molecular weight is 699 g/mol. The predicted octanol–water partition coefficient (Wildman–Crippen LogP) is 14.3. The minimum atomic E-state index is 0.979. The van der Waals surface area contributed by atoms with Crippen molar-refractivity contribution in [2.24, 2.45) is 0 Å². The molecular weight excluding hydrogens is 665 g/mol. The van der Waals surface area contributed by atoms with Crippen molar-refractivity contribution in [1.82, 2.24) is 9.55 Å². The van der Waals surface area contributed by atoms with Gasteiger partial charge in [-0.25, -0.2) is 4.98 Å². The highest BCUT2D eigenvalue weighted by atomic mass is 15.0. The molecule has 11 rings (SSSR count). The Hall–Kier alpha value is -7.29. The van der Waals surface area contributed by atoms with Crippen LogP contribution in [0.25, 0.3) is 105 Å². The van der Waals surface area contributed by atoms with Crippen LogP contribution in [-0.2, 0) is 0 Å². The Morgan fingerprint density at radius 2 is 0.891 bits per heavy atom. The number of rotatable bonds is 5. The normalized spacial score (nSPS) is 11.6. The van der Waals surface area contributed by atoms with Gasteiger partial charge in [-0.05, 0) is 97.4 Å². The summed E-state index contributed by atoms with van der Waals surface area (Å²) < 4.78 is 2.37. The zero-order valence-electron chi connectivity index (χ0n) is 30.0. The van der Waals surface area contributed by atoms with Crippen LogP contribution < -0.4 is 0 Å². The summed E-state index contributed by atoms with van der Waals surface area (Å²) >= 11 is 0. The summed E-state index contributed by atoms with van der Waals surface area (Å²) in [4.78, 5) is 5.16. The molecule has 0 N–H and O–H groups in total. The van der Waals surface area contributed by atoms with Crippen molar-refractivity contribution in [2.75, 3.05) is 0 Å². The molecule has 0 saturated carbocycles. The molecule has 2 nitrogen and oxygen atoms in total. The number of fused-ring (bicyclic) bond motifs is 7. The van der Waals surface area contributed by atoms with E-state index in [1.54, 1.807) is 0 Å². The van der Waals surface area contributed by atoms with E-state index in [2.05, 4.69) is 211 Å². The second-order valence-electron chi connectivity index (χ2n) is 14.3. The van der Waals surface area contributed by atoms with Gasteiger partial charge in [0, 0.05) is 27.4 Å². The first kappa shape index (κ1) is 31.3. The Kier molecular flexibility index (Phi) is 7.21. The Balaban J connectivity index is 1.03. The second-order valence-corrected chi connectivity index (χ2v) is 14.3. The van der Waals surface area contributed by atoms with Gasteiger partial charge in [0.2, 0.25) is 0 Å². The number of nitrogens with zero attached hydrogens (tertiary/aromatic N) is 2. The first-order valence-electron chi connectivity index (χ1n) is 18.9. The molecule has 9 aromatic carbocycles. The van der Waals surface area contributed by atoms with Gasteiger partial charge in [-0.3, -0.25) is 0 Å². The van der Waals surface area contributed by atoms with Gasteiger partial charge in [0.15, 0.2) is 0 Å². The maximum atomic E-state index is 5.16. The first-order valence-corrected chi connectivity index (χ1v) is 18.9. The van der Waals surface area contributed by atoms with Crippen LogP contribution in [0.5, 0.6) is 0 Å². The fraction of sp³-hybridized carbons (Fsp3) is 0. The number of para-hydroxylation sites is 2. The summed E-state index contributed by atoms with van der Waals surface area (Å²) in [5.74, 6) is 0. The van der Waals surface area contributed by atoms with Crippen LogP contribution in [0.2, 0.25) is 0 Å². The van der Waals surface area contributed by atoms with Crippen LogP contribution in [0.4, 0.5) is 0 Å². The Bertz CT molecular complexity index is 3230. The highest BCUT2D eigenvalue weighted by Crippen LogP contribution is 2.41. The van der Waals surface area contributed by atoms with Crippen LogP contribution in [-0.4, -0.2) is 9.55 Å². The van der Waals surface area contributed by atoms with Crippen LogP contribution in [0.15, 0.2) is 206 Å². The predicted molar refractivity (Wildman–Crippen MR) is 233 cm³/mol. The van der Waals surface area contributed by atoms with Gasteiger partial charge in [0.1, 0.15) is 0 Å². The lowest BCUT2D eigenvalue weighted by molar-refractivity contribution is 1.18. The third-order valence-corrected chi connectivity index (χ3v) is 11.2. The van der Waals surface area contributed by atoms with Gasteiger partial charge in [-0.1, -0.05) is 164 Å². The maximum Gasteiger partial charge on any atom is 0.0722 e. The van der Waals surface area contributed by atoms with E-state index in [0.29, 0.717) is 0 Å². The van der Waals surface area contributed by atoms with Gasteiger partial charge in [-0.15, -0.1) is 0 Å². The zero-order chi connectivity index (χ0) is 36.3. The fourth-order valence-electron chi connectivity index (χ4n) is 8.62. The topological polar surface area (TPSA) is 17.8 Å². The van der Waals surface area contributed by atoms with Gasteiger partial charge in [0.25, 0.3) is 0 Å². The molecule has 55 heavy (non-hydrogen) atoms. The molecule has 0 aliphatic carbocycles. The number of hydrogen-bond donors (Lipinski definition) is 0. The largest absolute Gasteiger partial charge is 0.309 e. The molecule has 0 saturated heterocycles. The van der Waals surface area contributed by atoms with Crippen molar-refractivity contribution >= 4 is 54.3 Å². The van der Waals surface area contributed by atoms with E-state index < -0.39 is 0 Å². The lowest BCUT2D eigenvalue weighted by Gasteiger charge is -2.15. The number of benzene rings is 9. The minimum absolute atomic E-state index is 0.979. The Labute approximate surface area is 319 Å². The van der Waals surface area contributed by atoms with Crippen LogP contribution >= 0.6 is 0 Å². The lowest BCUT2D eigenvalue weighted by Crippen LogP contribution is -1.93. The second kappa shape index (κ2) is 12.7. The van der Waals surface area contributed by atoms with Gasteiger partial charge in [-0.2, -0.15) is 0 Å². The molecule has 0 radical (unpaired) electrons. The SMILES string of the molecule is c1ccc(-c2cc(-c3ccc(-c4ccc(-c5ccc6c(c5)c5ccccc5n6-c5ccccc5)c5ccccc45)cc3)c3c(ccc4ccccc43)n2)cc1. The molecule has 11 aromatic rings. The van der Waals surface area contributed by atoms with E-state index in [-0.39, 0.29) is 0 Å². The standard InChI is InChI=1S/C53H34N2/c1-3-14-38(15-4-1)50-34-47(53-43-18-8-7-13-35(43)27-31-49(53)54-50)37-25-23-36(24-26-37)41-29-30-42(45-20-10-9-19-44(41)45)39-28-32-52-48(33-39)46-21-11-12-22-51(46)55(52)40-16-5-2-6-17-40/h1-34H. The van der Waals surface area contributed by atoms with E-state index in [4.69, 9.17) is 4.98 Å². The average Bonchev–Trinajstić information content (AvgIpc) is 3.60. The van der Waals surface area contributed by atoms with E-state index >= 15 is 0 Å². The van der Waals surface area contributed by atoms with Crippen molar-refractivity contribution in [1.29, 1.82) is 0 Å². The molecule has 0 fully saturated rings. The van der Waals surface area contributed by atoms with Gasteiger partial charge >= 0.3 is 0 Å². The van der Waals surface area contributed by atoms with Gasteiger partial charge in [0.05, 0.1) is 22.2 Å². The Morgan fingerprint density at radius 3 is 1.64 bits per heavy atom. The summed E-state index contributed by atoms with van der Waals surface area (Å²) in [5, 5.41) is 8.62. The van der Waals surface area contributed by atoms with E-state index in [1.807, 2.05) is 0 Å². The summed E-state index contributed by atoms with van der Waals surface area (Å²) in [6.45, 7) is 0. The van der Waals surface area contributed by atoms with Crippen molar-refractivity contribution in [2.45, 2.75) is 0 Å². The molecule has 0 unspecified atom stereocenters. The molecule has 0 aliphatic rings. The summed E-state index contributed by atoms with van der Waals surface area (Å²) in [6, 6.07) is 74.6.